The van der Waals surface area contributed by atoms with Crippen LogP contribution in [0.15, 0.2) is 35.5 Å². The van der Waals surface area contributed by atoms with E-state index < -0.39 is 12.2 Å². The third-order valence-electron chi connectivity index (χ3n) is 8.68. The van der Waals surface area contributed by atoms with Gasteiger partial charge in [0.25, 0.3) is 0 Å². The molecule has 0 aliphatic heterocycles. The van der Waals surface area contributed by atoms with Gasteiger partial charge in [-0.2, -0.15) is 0 Å². The highest BCUT2D eigenvalue weighted by molar-refractivity contribution is 5.38. The first-order valence-electron chi connectivity index (χ1n) is 12.3. The predicted octanol–water partition coefficient (Wildman–Crippen LogP) is 5.56. The van der Waals surface area contributed by atoms with Gasteiger partial charge in [0, 0.05) is 6.42 Å². The Morgan fingerprint density at radius 2 is 1.87 bits per heavy atom. The quantitative estimate of drug-likeness (QED) is 0.531. The molecule has 1 unspecified atom stereocenters. The summed E-state index contributed by atoms with van der Waals surface area (Å²) in [6.07, 6.45) is 12.4. The Labute approximate surface area is 184 Å². The molecule has 3 nitrogen and oxygen atoms in total. The molecule has 7 atom stereocenters. The van der Waals surface area contributed by atoms with Crippen LogP contribution in [0.1, 0.15) is 85.5 Å². The maximum Gasteiger partial charge on any atom is 0.0811 e. The topological polar surface area (TPSA) is 60.7 Å². The lowest BCUT2D eigenvalue weighted by Crippen LogP contribution is -2.36. The lowest BCUT2D eigenvalue weighted by Gasteiger charge is -2.44. The fourth-order valence-corrected chi connectivity index (χ4v) is 6.65. The molecule has 3 rings (SSSR count). The Hall–Kier alpha value is -0.900. The van der Waals surface area contributed by atoms with Gasteiger partial charge in [-0.05, 0) is 91.6 Å². The van der Waals surface area contributed by atoms with Crippen molar-refractivity contribution in [3.63, 3.8) is 0 Å². The van der Waals surface area contributed by atoms with Crippen molar-refractivity contribution in [3.05, 3.63) is 35.5 Å². The standard InChI is InChI=1S/C27H44O3/c1-17(2)25(29)13-8-18(3)23-11-12-24-20(7-6-14-27(23,24)5)9-10-21-15-22(28)16-26(30)19(21)4/h9-10,17-18,22-26,28-30H,4,6-8,11-16H2,1-3,5H3/t18-,22-,23-,24?,25+,26+,27-/m1/s1. The van der Waals surface area contributed by atoms with E-state index in [1.165, 1.54) is 25.7 Å². The van der Waals surface area contributed by atoms with Crippen molar-refractivity contribution in [2.24, 2.45) is 29.1 Å². The molecule has 3 saturated carbocycles. The molecule has 3 N–H and O–H groups in total. The minimum atomic E-state index is -0.618. The third-order valence-corrected chi connectivity index (χ3v) is 8.68. The molecular formula is C27H44O3. The Balaban J connectivity index is 1.72. The summed E-state index contributed by atoms with van der Waals surface area (Å²) >= 11 is 0. The zero-order valence-corrected chi connectivity index (χ0v) is 19.6. The van der Waals surface area contributed by atoms with E-state index in [4.69, 9.17) is 0 Å². The molecule has 0 aromatic carbocycles. The molecule has 0 aromatic rings. The van der Waals surface area contributed by atoms with Crippen molar-refractivity contribution in [2.45, 2.75) is 104 Å². The molecule has 30 heavy (non-hydrogen) atoms. The number of rotatable bonds is 6. The zero-order chi connectivity index (χ0) is 22.1. The fourth-order valence-electron chi connectivity index (χ4n) is 6.65. The van der Waals surface area contributed by atoms with Gasteiger partial charge in [0.15, 0.2) is 0 Å². The first-order chi connectivity index (χ1) is 14.1. The molecule has 0 bridgehead atoms. The first-order valence-corrected chi connectivity index (χ1v) is 12.3. The van der Waals surface area contributed by atoms with E-state index in [0.717, 1.165) is 36.3 Å². The van der Waals surface area contributed by atoms with Gasteiger partial charge in [-0.1, -0.05) is 52.0 Å². The monoisotopic (exact) mass is 416 g/mol. The van der Waals surface area contributed by atoms with Crippen molar-refractivity contribution in [2.75, 3.05) is 0 Å². The summed E-state index contributed by atoms with van der Waals surface area (Å²) in [7, 11) is 0. The van der Waals surface area contributed by atoms with Crippen molar-refractivity contribution >= 4 is 0 Å². The molecule has 3 aliphatic carbocycles. The summed E-state index contributed by atoms with van der Waals surface area (Å²) in [6.45, 7) is 13.2. The highest BCUT2D eigenvalue weighted by atomic mass is 16.3. The van der Waals surface area contributed by atoms with Gasteiger partial charge in [0.05, 0.1) is 18.3 Å². The van der Waals surface area contributed by atoms with Crippen LogP contribution in [0.4, 0.5) is 0 Å². The largest absolute Gasteiger partial charge is 0.393 e. The van der Waals surface area contributed by atoms with Crippen molar-refractivity contribution < 1.29 is 15.3 Å². The lowest BCUT2D eigenvalue weighted by molar-refractivity contribution is 0.0717. The van der Waals surface area contributed by atoms with Crippen LogP contribution >= 0.6 is 0 Å². The predicted molar refractivity (Wildman–Crippen MR) is 124 cm³/mol. The van der Waals surface area contributed by atoms with Crippen LogP contribution in [0.5, 0.6) is 0 Å². The van der Waals surface area contributed by atoms with Gasteiger partial charge >= 0.3 is 0 Å². The van der Waals surface area contributed by atoms with Crippen LogP contribution in [-0.2, 0) is 0 Å². The lowest BCUT2D eigenvalue weighted by atomic mass is 9.60. The third kappa shape index (κ3) is 4.95. The van der Waals surface area contributed by atoms with E-state index >= 15 is 0 Å². The average molecular weight is 417 g/mol. The Morgan fingerprint density at radius 3 is 2.57 bits per heavy atom. The summed E-state index contributed by atoms with van der Waals surface area (Å²) in [5, 5.41) is 30.4. The summed E-state index contributed by atoms with van der Waals surface area (Å²) in [5.74, 6) is 2.35. The number of hydrogen-bond acceptors (Lipinski definition) is 3. The van der Waals surface area contributed by atoms with Gasteiger partial charge in [0.2, 0.25) is 0 Å². The second-order valence-corrected chi connectivity index (χ2v) is 11.0. The van der Waals surface area contributed by atoms with E-state index in [9.17, 15) is 15.3 Å². The molecule has 0 saturated heterocycles. The van der Waals surface area contributed by atoms with Gasteiger partial charge in [-0.3, -0.25) is 0 Å². The summed E-state index contributed by atoms with van der Waals surface area (Å²) in [4.78, 5) is 0. The highest BCUT2D eigenvalue weighted by Gasteiger charge is 2.50. The number of hydrogen-bond donors (Lipinski definition) is 3. The molecule has 0 amide bonds. The fraction of sp³-hybridized carbons (Fsp3) is 0.778. The maximum absolute atomic E-state index is 10.3. The Morgan fingerprint density at radius 1 is 1.13 bits per heavy atom. The normalized spacial score (nSPS) is 39.5. The Bertz CT molecular complexity index is 676. The molecule has 170 valence electrons. The first kappa shape index (κ1) is 23.8. The molecule has 0 spiro atoms. The van der Waals surface area contributed by atoms with E-state index in [1.54, 1.807) is 5.57 Å². The van der Waals surface area contributed by atoms with Crippen LogP contribution in [0.25, 0.3) is 0 Å². The minimum absolute atomic E-state index is 0.180. The molecule has 3 fully saturated rings. The molecule has 3 aliphatic rings. The average Bonchev–Trinajstić information content (AvgIpc) is 3.04. The molecule has 3 heteroatoms. The van der Waals surface area contributed by atoms with Gasteiger partial charge in [0.1, 0.15) is 0 Å². The summed E-state index contributed by atoms with van der Waals surface area (Å²) in [6, 6.07) is 0. The highest BCUT2D eigenvalue weighted by Crippen LogP contribution is 2.60. The SMILES string of the molecule is C=C1C(=CC=C2CCC[C@@]3(C)C2CC[C@@H]3[C@H](C)CC[C@H](O)C(C)C)C[C@@H](O)C[C@@H]1O. The number of fused-ring (bicyclic) bond motifs is 1. The molecule has 0 radical (unpaired) electrons. The van der Waals surface area contributed by atoms with Crippen molar-refractivity contribution in [3.8, 4) is 0 Å². The second-order valence-electron chi connectivity index (χ2n) is 11.0. The minimum Gasteiger partial charge on any atom is -0.393 e. The van der Waals surface area contributed by atoms with Gasteiger partial charge in [-0.15, -0.1) is 0 Å². The second kappa shape index (κ2) is 9.71. The van der Waals surface area contributed by atoms with Crippen molar-refractivity contribution in [1.82, 2.24) is 0 Å². The number of aliphatic hydroxyl groups excluding tert-OH is 3. The van der Waals surface area contributed by atoms with Crippen molar-refractivity contribution in [1.29, 1.82) is 0 Å². The van der Waals surface area contributed by atoms with Crippen LogP contribution in [0.2, 0.25) is 0 Å². The van der Waals surface area contributed by atoms with Crippen LogP contribution < -0.4 is 0 Å². The van der Waals surface area contributed by atoms with Gasteiger partial charge < -0.3 is 15.3 Å². The number of aliphatic hydroxyl groups is 3. The van der Waals surface area contributed by atoms with Crippen LogP contribution in [0.3, 0.4) is 0 Å². The molecule has 0 aromatic heterocycles. The maximum atomic E-state index is 10.3. The van der Waals surface area contributed by atoms with E-state index in [-0.39, 0.29) is 6.10 Å². The molecule has 0 heterocycles. The van der Waals surface area contributed by atoms with E-state index in [0.29, 0.717) is 36.0 Å². The van der Waals surface area contributed by atoms with Crippen LogP contribution in [0, 0.1) is 29.1 Å². The molecular weight excluding hydrogens is 372 g/mol. The summed E-state index contributed by atoms with van der Waals surface area (Å²) < 4.78 is 0. The number of allylic oxidation sites excluding steroid dienone is 3. The van der Waals surface area contributed by atoms with E-state index in [1.807, 2.05) is 0 Å². The smallest absolute Gasteiger partial charge is 0.0811 e. The van der Waals surface area contributed by atoms with Gasteiger partial charge in [-0.25, -0.2) is 0 Å². The Kier molecular flexibility index (Phi) is 7.69. The summed E-state index contributed by atoms with van der Waals surface area (Å²) in [5.41, 5.74) is 3.69. The zero-order valence-electron chi connectivity index (χ0n) is 19.6. The van der Waals surface area contributed by atoms with E-state index in [2.05, 4.69) is 46.4 Å². The van der Waals surface area contributed by atoms with Crippen LogP contribution in [-0.4, -0.2) is 33.6 Å².